The number of amides is 1. The summed E-state index contributed by atoms with van der Waals surface area (Å²) in [4.78, 5) is 12.0. The quantitative estimate of drug-likeness (QED) is 0.348. The van der Waals surface area contributed by atoms with Crippen LogP contribution >= 0.6 is 23.2 Å². The van der Waals surface area contributed by atoms with E-state index < -0.39 is 5.91 Å². The molecule has 8 nitrogen and oxygen atoms in total. The summed E-state index contributed by atoms with van der Waals surface area (Å²) < 4.78 is 6.57. The van der Waals surface area contributed by atoms with Gasteiger partial charge in [-0.05, 0) is 34.1 Å². The van der Waals surface area contributed by atoms with Gasteiger partial charge in [-0.1, -0.05) is 47.5 Å². The number of carbonyl (C=O) groups excluding carboxylic acids is 1. The number of anilines is 1. The molecule has 10 heteroatoms. The average Bonchev–Trinajstić information content (AvgIpc) is 3.34. The lowest BCUT2D eigenvalue weighted by molar-refractivity contribution is 0.0944. The molecule has 0 atom stereocenters. The van der Waals surface area contributed by atoms with Gasteiger partial charge < -0.3 is 20.9 Å². The first-order chi connectivity index (χ1) is 15.0. The number of nitrogens with two attached hydrogens (primary N) is 1. The number of nitrogens with one attached hydrogen (secondary N) is 2. The Bertz CT molecular complexity index is 1200. The van der Waals surface area contributed by atoms with Crippen LogP contribution in [0.5, 0.6) is 0 Å². The molecule has 2 heterocycles. The van der Waals surface area contributed by atoms with Crippen LogP contribution in [0.15, 0.2) is 53.3 Å². The van der Waals surface area contributed by atoms with Crippen LogP contribution < -0.4 is 16.4 Å². The number of carbonyl (C=O) groups is 1. The summed E-state index contributed by atoms with van der Waals surface area (Å²) in [5.74, 6) is -0.453. The van der Waals surface area contributed by atoms with E-state index in [4.69, 9.17) is 28.9 Å². The fourth-order valence-electron chi connectivity index (χ4n) is 3.37. The molecule has 0 unspecified atom stereocenters. The van der Waals surface area contributed by atoms with Crippen molar-refractivity contribution in [3.05, 3.63) is 75.5 Å². The van der Waals surface area contributed by atoms with E-state index in [2.05, 4.69) is 48.5 Å². The molecule has 0 aliphatic heterocycles. The van der Waals surface area contributed by atoms with E-state index in [1.54, 1.807) is 0 Å². The normalized spacial score (nSPS) is 11.2. The second-order valence-corrected chi connectivity index (χ2v) is 7.74. The van der Waals surface area contributed by atoms with Gasteiger partial charge in [-0.3, -0.25) is 4.79 Å². The number of rotatable bonds is 8. The molecule has 4 N–H and O–H groups in total. The number of fused-ring (bicyclic) bond motifs is 1. The monoisotopic (exact) mass is 458 g/mol. The van der Waals surface area contributed by atoms with Crippen LogP contribution in [0.1, 0.15) is 21.6 Å². The van der Waals surface area contributed by atoms with Crippen LogP contribution in [0, 0.1) is 0 Å². The standard InChI is InChI=1S/C21H20Cl2N6O2/c22-16-5-3-6-17(23)15(16)12-29-11-13(14-4-1-2-7-18(14)29)10-25-8-9-26-21(30)19-20(24)28-31-27-19/h1-7,11,25H,8-10,12H2,(H2,24,28)(H,26,30). The predicted octanol–water partition coefficient (Wildman–Crippen LogP) is 3.48. The molecule has 0 bridgehead atoms. The van der Waals surface area contributed by atoms with E-state index in [9.17, 15) is 4.79 Å². The lowest BCUT2D eigenvalue weighted by Crippen LogP contribution is -2.32. The molecule has 0 aliphatic carbocycles. The number of hydrogen-bond acceptors (Lipinski definition) is 6. The van der Waals surface area contributed by atoms with Crippen LogP contribution in [0.2, 0.25) is 10.0 Å². The molecule has 1 amide bonds. The van der Waals surface area contributed by atoms with Gasteiger partial charge in [0.1, 0.15) is 0 Å². The number of aromatic nitrogens is 3. The molecular formula is C21H20Cl2N6O2. The summed E-state index contributed by atoms with van der Waals surface area (Å²) >= 11 is 12.7. The molecule has 2 aromatic carbocycles. The summed E-state index contributed by atoms with van der Waals surface area (Å²) in [5.41, 5.74) is 8.62. The minimum atomic E-state index is -0.422. The highest BCUT2D eigenvalue weighted by molar-refractivity contribution is 6.36. The van der Waals surface area contributed by atoms with Crippen molar-refractivity contribution in [1.29, 1.82) is 0 Å². The average molecular weight is 459 g/mol. The lowest BCUT2D eigenvalue weighted by Gasteiger charge is -2.09. The van der Waals surface area contributed by atoms with Crippen molar-refractivity contribution < 1.29 is 9.42 Å². The third-order valence-corrected chi connectivity index (χ3v) is 5.60. The Hall–Kier alpha value is -3.07. The zero-order valence-electron chi connectivity index (χ0n) is 16.4. The van der Waals surface area contributed by atoms with E-state index in [1.165, 1.54) is 0 Å². The van der Waals surface area contributed by atoms with E-state index in [0.29, 0.717) is 36.2 Å². The number of halogens is 2. The van der Waals surface area contributed by atoms with Gasteiger partial charge >= 0.3 is 0 Å². The minimum Gasteiger partial charge on any atom is -0.379 e. The number of hydrogen-bond donors (Lipinski definition) is 3. The number of nitrogen functional groups attached to an aromatic ring is 1. The Morgan fingerprint density at radius 1 is 1.06 bits per heavy atom. The molecular weight excluding hydrogens is 439 g/mol. The molecule has 4 aromatic rings. The largest absolute Gasteiger partial charge is 0.379 e. The summed E-state index contributed by atoms with van der Waals surface area (Å²) in [6, 6.07) is 13.7. The Labute approximate surface area is 188 Å². The topological polar surface area (TPSA) is 111 Å². The third-order valence-electron chi connectivity index (χ3n) is 4.89. The second kappa shape index (κ2) is 9.38. The number of nitrogens with zero attached hydrogens (tertiary/aromatic N) is 3. The molecule has 0 fully saturated rings. The van der Waals surface area contributed by atoms with E-state index in [1.807, 2.05) is 30.3 Å². The first-order valence-corrected chi connectivity index (χ1v) is 10.4. The molecule has 0 radical (unpaired) electrons. The van der Waals surface area contributed by atoms with Gasteiger partial charge in [0.2, 0.25) is 11.5 Å². The fourth-order valence-corrected chi connectivity index (χ4v) is 3.89. The van der Waals surface area contributed by atoms with Gasteiger partial charge in [-0.15, -0.1) is 0 Å². The van der Waals surface area contributed by atoms with Crippen molar-refractivity contribution in [3.8, 4) is 0 Å². The van der Waals surface area contributed by atoms with Crippen LogP contribution in [-0.4, -0.2) is 33.9 Å². The highest BCUT2D eigenvalue weighted by Crippen LogP contribution is 2.28. The Morgan fingerprint density at radius 3 is 2.58 bits per heavy atom. The molecule has 160 valence electrons. The maximum Gasteiger partial charge on any atom is 0.277 e. The van der Waals surface area contributed by atoms with Crippen molar-refractivity contribution in [2.24, 2.45) is 0 Å². The lowest BCUT2D eigenvalue weighted by atomic mass is 10.2. The first kappa shape index (κ1) is 21.2. The van der Waals surface area contributed by atoms with Gasteiger partial charge in [0.05, 0.1) is 6.54 Å². The predicted molar refractivity (Wildman–Crippen MR) is 120 cm³/mol. The van der Waals surface area contributed by atoms with Crippen LogP contribution in [0.25, 0.3) is 10.9 Å². The molecule has 0 spiro atoms. The molecule has 2 aromatic heterocycles. The molecule has 31 heavy (non-hydrogen) atoms. The zero-order valence-corrected chi connectivity index (χ0v) is 18.0. The van der Waals surface area contributed by atoms with Gasteiger partial charge in [0.15, 0.2) is 0 Å². The summed E-state index contributed by atoms with van der Waals surface area (Å²) in [5, 5.41) is 15.4. The minimum absolute atomic E-state index is 0.0127. The van der Waals surface area contributed by atoms with E-state index in [0.717, 1.165) is 22.0 Å². The Kier molecular flexibility index (Phi) is 6.41. The Morgan fingerprint density at radius 2 is 1.84 bits per heavy atom. The maximum atomic E-state index is 12.0. The highest BCUT2D eigenvalue weighted by Gasteiger charge is 2.15. The number of benzene rings is 2. The van der Waals surface area contributed by atoms with Crippen LogP contribution in [0.4, 0.5) is 5.82 Å². The first-order valence-electron chi connectivity index (χ1n) is 9.61. The zero-order chi connectivity index (χ0) is 21.8. The maximum absolute atomic E-state index is 12.0. The van der Waals surface area contributed by atoms with Crippen LogP contribution in [-0.2, 0) is 13.1 Å². The van der Waals surface area contributed by atoms with Gasteiger partial charge in [0.25, 0.3) is 5.91 Å². The van der Waals surface area contributed by atoms with Gasteiger partial charge in [-0.25, -0.2) is 4.63 Å². The van der Waals surface area contributed by atoms with Gasteiger partial charge in [-0.2, -0.15) is 0 Å². The van der Waals surface area contributed by atoms with E-state index in [-0.39, 0.29) is 11.5 Å². The highest BCUT2D eigenvalue weighted by atomic mass is 35.5. The van der Waals surface area contributed by atoms with Crippen molar-refractivity contribution in [2.75, 3.05) is 18.8 Å². The summed E-state index contributed by atoms with van der Waals surface area (Å²) in [6.07, 6.45) is 2.09. The smallest absolute Gasteiger partial charge is 0.277 e. The third kappa shape index (κ3) is 4.66. The summed E-state index contributed by atoms with van der Waals surface area (Å²) in [7, 11) is 0. The van der Waals surface area contributed by atoms with Crippen molar-refractivity contribution in [1.82, 2.24) is 25.5 Å². The molecule has 0 saturated heterocycles. The van der Waals surface area contributed by atoms with Crippen molar-refractivity contribution in [2.45, 2.75) is 13.1 Å². The fraction of sp³-hybridized carbons (Fsp3) is 0.190. The molecule has 0 saturated carbocycles. The summed E-state index contributed by atoms with van der Waals surface area (Å²) in [6.45, 7) is 2.17. The van der Waals surface area contributed by atoms with Crippen molar-refractivity contribution in [3.63, 3.8) is 0 Å². The number of para-hydroxylation sites is 1. The molecule has 0 aliphatic rings. The second-order valence-electron chi connectivity index (χ2n) is 6.93. The van der Waals surface area contributed by atoms with Gasteiger partial charge in [0, 0.05) is 52.3 Å². The molecule has 4 rings (SSSR count). The van der Waals surface area contributed by atoms with E-state index >= 15 is 0 Å². The Balaban J connectivity index is 1.40. The SMILES string of the molecule is Nc1nonc1C(=O)NCCNCc1cn(Cc2c(Cl)cccc2Cl)c2ccccc12. The van der Waals surface area contributed by atoms with Crippen LogP contribution in [0.3, 0.4) is 0 Å². The van der Waals surface area contributed by atoms with Crippen molar-refractivity contribution >= 4 is 45.8 Å².